The van der Waals surface area contributed by atoms with Crippen molar-refractivity contribution in [2.75, 3.05) is 41.1 Å². The highest BCUT2D eigenvalue weighted by Gasteiger charge is 2.23. The minimum absolute atomic E-state index is 0.193. The highest BCUT2D eigenvalue weighted by Crippen LogP contribution is 2.40. The van der Waals surface area contributed by atoms with Gasteiger partial charge in [0, 0.05) is 13.2 Å². The number of fused-ring (bicyclic) bond motifs is 1. The van der Waals surface area contributed by atoms with Crippen molar-refractivity contribution in [3.05, 3.63) is 70.7 Å². The first-order chi connectivity index (χ1) is 18.8. The molecule has 4 N–H and O–H groups in total. The van der Waals surface area contributed by atoms with E-state index in [1.807, 2.05) is 26.8 Å². The number of nitrogens with zero attached hydrogens (tertiary/aromatic N) is 1. The summed E-state index contributed by atoms with van der Waals surface area (Å²) in [4.78, 5) is 30.9. The van der Waals surface area contributed by atoms with Crippen LogP contribution in [0.15, 0.2) is 54.7 Å². The lowest BCUT2D eigenvalue weighted by molar-refractivity contribution is 0.102. The van der Waals surface area contributed by atoms with Gasteiger partial charge in [0.05, 0.1) is 45.6 Å². The number of ether oxygens (including phenoxy) is 1. The van der Waals surface area contributed by atoms with Crippen LogP contribution in [0.25, 0.3) is 10.1 Å². The van der Waals surface area contributed by atoms with Crippen LogP contribution in [0.1, 0.15) is 46.4 Å². The number of benzene rings is 2. The molecule has 0 saturated heterocycles. The van der Waals surface area contributed by atoms with E-state index in [9.17, 15) is 18.0 Å². The number of hydrogen-bond acceptors (Lipinski definition) is 8. The van der Waals surface area contributed by atoms with Gasteiger partial charge < -0.3 is 20.7 Å². The summed E-state index contributed by atoms with van der Waals surface area (Å²) in [6, 6.07) is 14.0. The molecule has 10 nitrogen and oxygen atoms in total. The Morgan fingerprint density at radius 2 is 1.65 bits per heavy atom. The molecule has 2 aromatic carbocycles. The number of rotatable bonds is 8. The van der Waals surface area contributed by atoms with Gasteiger partial charge >= 0.3 is 0 Å². The summed E-state index contributed by atoms with van der Waals surface area (Å²) in [6.07, 6.45) is 2.54. The Bertz CT molecular complexity index is 1690. The maximum absolute atomic E-state index is 13.4. The van der Waals surface area contributed by atoms with E-state index < -0.39 is 15.9 Å². The Balaban J connectivity index is 1.66. The topological polar surface area (TPSA) is 139 Å². The molecule has 0 fully saturated rings. The second-order valence-corrected chi connectivity index (χ2v) is 13.0. The van der Waals surface area contributed by atoms with E-state index in [1.165, 1.54) is 24.6 Å². The Morgan fingerprint density at radius 3 is 2.25 bits per heavy atom. The molecule has 4 rings (SSSR count). The second kappa shape index (κ2) is 11.1. The predicted molar refractivity (Wildman–Crippen MR) is 162 cm³/mol. The molecular formula is C28H31N5O5S2. The van der Waals surface area contributed by atoms with Gasteiger partial charge in [-0.05, 0) is 52.8 Å². The van der Waals surface area contributed by atoms with Gasteiger partial charge in [-0.1, -0.05) is 32.9 Å². The average Bonchev–Trinajstić information content (AvgIpc) is 3.33. The minimum atomic E-state index is -3.61. The van der Waals surface area contributed by atoms with Gasteiger partial charge in [0.15, 0.2) is 5.75 Å². The van der Waals surface area contributed by atoms with Crippen LogP contribution in [0.4, 0.5) is 22.9 Å². The fraction of sp³-hybridized carbons (Fsp3) is 0.250. The third kappa shape index (κ3) is 6.52. The summed E-state index contributed by atoms with van der Waals surface area (Å²) >= 11 is 1.23. The Kier molecular flexibility index (Phi) is 8.03. The van der Waals surface area contributed by atoms with Crippen molar-refractivity contribution < 1.29 is 22.7 Å². The van der Waals surface area contributed by atoms with Crippen LogP contribution in [0, 0.1) is 0 Å². The Morgan fingerprint density at radius 1 is 0.950 bits per heavy atom. The fourth-order valence-electron chi connectivity index (χ4n) is 3.98. The predicted octanol–water partition coefficient (Wildman–Crippen LogP) is 5.52. The number of anilines is 4. The molecule has 2 heterocycles. The first-order valence-corrected chi connectivity index (χ1v) is 15.0. The van der Waals surface area contributed by atoms with Crippen molar-refractivity contribution >= 4 is 66.1 Å². The van der Waals surface area contributed by atoms with E-state index in [0.29, 0.717) is 27.6 Å². The Hall–Kier alpha value is -4.16. The number of thiophene rings is 1. The summed E-state index contributed by atoms with van der Waals surface area (Å²) in [7, 11) is -0.453. The van der Waals surface area contributed by atoms with E-state index in [0.717, 1.165) is 21.9 Å². The van der Waals surface area contributed by atoms with Crippen LogP contribution in [0.2, 0.25) is 0 Å². The van der Waals surface area contributed by atoms with Crippen LogP contribution < -0.4 is 25.4 Å². The number of sulfonamides is 1. The summed E-state index contributed by atoms with van der Waals surface area (Å²) in [6.45, 7) is 5.95. The van der Waals surface area contributed by atoms with Crippen molar-refractivity contribution in [1.82, 2.24) is 4.98 Å². The van der Waals surface area contributed by atoms with Gasteiger partial charge in [0.2, 0.25) is 10.0 Å². The van der Waals surface area contributed by atoms with E-state index in [4.69, 9.17) is 4.74 Å². The average molecular weight is 582 g/mol. The highest BCUT2D eigenvalue weighted by molar-refractivity contribution is 7.92. The van der Waals surface area contributed by atoms with Crippen LogP contribution in [0.5, 0.6) is 5.75 Å². The van der Waals surface area contributed by atoms with Gasteiger partial charge in [-0.25, -0.2) is 13.4 Å². The molecule has 4 aromatic rings. The van der Waals surface area contributed by atoms with Crippen LogP contribution in [-0.4, -0.2) is 45.6 Å². The van der Waals surface area contributed by atoms with E-state index in [-0.39, 0.29) is 22.8 Å². The molecule has 0 saturated carbocycles. The van der Waals surface area contributed by atoms with Crippen molar-refractivity contribution in [3.8, 4) is 5.75 Å². The molecule has 2 aromatic heterocycles. The van der Waals surface area contributed by atoms with Gasteiger partial charge in [0.1, 0.15) is 5.82 Å². The lowest BCUT2D eigenvalue weighted by Gasteiger charge is -2.23. The number of carbonyl (C=O) groups excluding carboxylic acids is 2. The SMILES string of the molecule is CNc1ccc(C(=O)Nc2cccc3cc(C(=O)Nc4cc(C(C)(C)C)cc(NS(C)(=O)=O)c4OC)sc23)cn1. The standard InChI is InChI=1S/C28H31N5O5S2/c1-28(2,3)18-13-20(24(38-5)21(14-18)33-40(6,36)37)32-27(35)22-12-16-8-7-9-19(25(16)39-22)31-26(34)17-10-11-23(29-4)30-15-17/h7-15,33H,1-6H3,(H,29,30)(H,31,34)(H,32,35). The monoisotopic (exact) mass is 581 g/mol. The Labute approximate surface area is 237 Å². The molecule has 0 aliphatic heterocycles. The molecule has 0 radical (unpaired) electrons. The normalized spacial score (nSPS) is 11.7. The van der Waals surface area contributed by atoms with Crippen molar-refractivity contribution in [2.45, 2.75) is 26.2 Å². The smallest absolute Gasteiger partial charge is 0.265 e. The number of carbonyl (C=O) groups is 2. The van der Waals surface area contributed by atoms with E-state index in [1.54, 1.807) is 49.5 Å². The van der Waals surface area contributed by atoms with Gasteiger partial charge in [0.25, 0.3) is 11.8 Å². The molecule has 0 aliphatic rings. The zero-order valence-corrected chi connectivity index (χ0v) is 24.6. The maximum atomic E-state index is 13.4. The van der Waals surface area contributed by atoms with E-state index >= 15 is 0 Å². The molecular weight excluding hydrogens is 550 g/mol. The number of methoxy groups -OCH3 is 1. The van der Waals surface area contributed by atoms with Crippen molar-refractivity contribution in [2.24, 2.45) is 0 Å². The lowest BCUT2D eigenvalue weighted by atomic mass is 9.86. The van der Waals surface area contributed by atoms with Crippen LogP contribution in [-0.2, 0) is 15.4 Å². The van der Waals surface area contributed by atoms with Crippen molar-refractivity contribution in [3.63, 3.8) is 0 Å². The quantitative estimate of drug-likeness (QED) is 0.215. The third-order valence-corrected chi connectivity index (χ3v) is 7.77. The van der Waals surface area contributed by atoms with Crippen LogP contribution >= 0.6 is 11.3 Å². The summed E-state index contributed by atoms with van der Waals surface area (Å²) in [5.41, 5.74) is 1.98. The molecule has 210 valence electrons. The lowest BCUT2D eigenvalue weighted by Crippen LogP contribution is -2.18. The zero-order valence-electron chi connectivity index (χ0n) is 23.0. The molecule has 0 atom stereocenters. The largest absolute Gasteiger partial charge is 0.492 e. The summed E-state index contributed by atoms with van der Waals surface area (Å²) in [5, 5.41) is 9.49. The molecule has 2 amide bonds. The molecule has 0 aliphatic carbocycles. The maximum Gasteiger partial charge on any atom is 0.265 e. The first kappa shape index (κ1) is 28.8. The fourth-order valence-corrected chi connectivity index (χ4v) is 5.55. The number of aromatic nitrogens is 1. The summed E-state index contributed by atoms with van der Waals surface area (Å²) in [5.74, 6) is 0.117. The zero-order chi connectivity index (χ0) is 29.2. The number of pyridine rings is 1. The first-order valence-electron chi connectivity index (χ1n) is 12.3. The van der Waals surface area contributed by atoms with Gasteiger partial charge in [-0.3, -0.25) is 14.3 Å². The van der Waals surface area contributed by atoms with Gasteiger partial charge in [-0.2, -0.15) is 0 Å². The number of hydrogen-bond donors (Lipinski definition) is 4. The van der Waals surface area contributed by atoms with E-state index in [2.05, 4.69) is 25.7 Å². The van der Waals surface area contributed by atoms with Gasteiger partial charge in [-0.15, -0.1) is 11.3 Å². The second-order valence-electron chi connectivity index (χ2n) is 10.2. The molecule has 0 bridgehead atoms. The minimum Gasteiger partial charge on any atom is -0.492 e. The molecule has 40 heavy (non-hydrogen) atoms. The number of nitrogens with one attached hydrogen (secondary N) is 4. The molecule has 0 spiro atoms. The third-order valence-electron chi connectivity index (χ3n) is 6.00. The number of amides is 2. The van der Waals surface area contributed by atoms with Crippen molar-refractivity contribution in [1.29, 1.82) is 0 Å². The summed E-state index contributed by atoms with van der Waals surface area (Å²) < 4.78 is 32.8. The van der Waals surface area contributed by atoms with Crippen LogP contribution in [0.3, 0.4) is 0 Å². The highest BCUT2D eigenvalue weighted by atomic mass is 32.2. The molecule has 12 heteroatoms. The molecule has 0 unspecified atom stereocenters.